The summed E-state index contributed by atoms with van der Waals surface area (Å²) < 4.78 is 0. The molecule has 0 amide bonds. The van der Waals surface area contributed by atoms with E-state index in [9.17, 15) is 9.90 Å². The van der Waals surface area contributed by atoms with E-state index in [0.29, 0.717) is 19.5 Å². The standard InChI is InChI=1S/C14H15N3O2/c18-14(19)12-7-10-3-1-2-4-11(10)8-17(12)9-13-15-5-6-16-13/h1-6,12H,7-9H2,(H,15,16)(H,18,19)/t12-/m0/s1. The molecule has 0 radical (unpaired) electrons. The number of H-pyrrole nitrogens is 1. The lowest BCUT2D eigenvalue weighted by molar-refractivity contribution is -0.144. The van der Waals surface area contributed by atoms with Crippen molar-refractivity contribution < 1.29 is 9.90 Å². The molecule has 2 heterocycles. The normalized spacial score (nSPS) is 19.1. The minimum Gasteiger partial charge on any atom is -0.480 e. The second kappa shape index (κ2) is 4.85. The third-order valence-electron chi connectivity index (χ3n) is 3.54. The monoisotopic (exact) mass is 257 g/mol. The van der Waals surface area contributed by atoms with Crippen molar-refractivity contribution >= 4 is 5.97 Å². The van der Waals surface area contributed by atoms with Crippen LogP contribution in [0, 0.1) is 0 Å². The van der Waals surface area contributed by atoms with Gasteiger partial charge >= 0.3 is 5.97 Å². The second-order valence-corrected chi connectivity index (χ2v) is 4.77. The largest absolute Gasteiger partial charge is 0.480 e. The predicted molar refractivity (Wildman–Crippen MR) is 69.4 cm³/mol. The molecular formula is C14H15N3O2. The highest BCUT2D eigenvalue weighted by atomic mass is 16.4. The topological polar surface area (TPSA) is 69.2 Å². The number of hydrogen-bond donors (Lipinski definition) is 2. The van der Waals surface area contributed by atoms with E-state index in [-0.39, 0.29) is 0 Å². The van der Waals surface area contributed by atoms with Crippen LogP contribution in [0.2, 0.25) is 0 Å². The minimum atomic E-state index is -0.777. The highest BCUT2D eigenvalue weighted by Crippen LogP contribution is 2.24. The number of benzene rings is 1. The summed E-state index contributed by atoms with van der Waals surface area (Å²) in [5, 5.41) is 9.39. The molecule has 2 N–H and O–H groups in total. The van der Waals surface area contributed by atoms with Crippen molar-refractivity contribution in [2.24, 2.45) is 0 Å². The molecule has 1 aliphatic heterocycles. The fraction of sp³-hybridized carbons (Fsp3) is 0.286. The Kier molecular flexibility index (Phi) is 3.05. The van der Waals surface area contributed by atoms with Crippen LogP contribution in [-0.4, -0.2) is 32.0 Å². The number of fused-ring (bicyclic) bond motifs is 1. The average Bonchev–Trinajstić information content (AvgIpc) is 2.90. The first-order valence-corrected chi connectivity index (χ1v) is 6.26. The van der Waals surface area contributed by atoms with Crippen molar-refractivity contribution in [3.63, 3.8) is 0 Å². The smallest absolute Gasteiger partial charge is 0.321 e. The molecule has 1 atom stereocenters. The first-order valence-electron chi connectivity index (χ1n) is 6.26. The lowest BCUT2D eigenvalue weighted by atomic mass is 9.94. The number of aromatic amines is 1. The maximum atomic E-state index is 11.4. The Morgan fingerprint density at radius 3 is 2.89 bits per heavy atom. The zero-order chi connectivity index (χ0) is 13.2. The van der Waals surface area contributed by atoms with Crippen molar-refractivity contribution in [1.29, 1.82) is 0 Å². The molecular weight excluding hydrogens is 242 g/mol. The first kappa shape index (κ1) is 11.9. The molecule has 0 bridgehead atoms. The van der Waals surface area contributed by atoms with Crippen molar-refractivity contribution in [2.45, 2.75) is 25.6 Å². The Bertz CT molecular complexity index is 580. The van der Waals surface area contributed by atoms with Crippen molar-refractivity contribution in [1.82, 2.24) is 14.9 Å². The number of nitrogens with one attached hydrogen (secondary N) is 1. The zero-order valence-corrected chi connectivity index (χ0v) is 10.4. The van der Waals surface area contributed by atoms with Crippen LogP contribution < -0.4 is 0 Å². The van der Waals surface area contributed by atoms with E-state index in [4.69, 9.17) is 0 Å². The summed E-state index contributed by atoms with van der Waals surface area (Å²) in [6.07, 6.45) is 3.98. The van der Waals surface area contributed by atoms with Crippen LogP contribution in [0.4, 0.5) is 0 Å². The van der Waals surface area contributed by atoms with Crippen molar-refractivity contribution in [2.75, 3.05) is 0 Å². The number of carboxylic acids is 1. The Balaban J connectivity index is 1.87. The van der Waals surface area contributed by atoms with E-state index in [1.165, 1.54) is 5.56 Å². The van der Waals surface area contributed by atoms with Crippen LogP contribution in [0.3, 0.4) is 0 Å². The molecule has 1 aromatic heterocycles. The lowest BCUT2D eigenvalue weighted by Gasteiger charge is -2.33. The van der Waals surface area contributed by atoms with Gasteiger partial charge in [0.05, 0.1) is 6.54 Å². The molecule has 0 spiro atoms. The maximum absolute atomic E-state index is 11.4. The molecule has 0 aliphatic carbocycles. The van der Waals surface area contributed by atoms with E-state index in [1.807, 2.05) is 23.1 Å². The van der Waals surface area contributed by atoms with E-state index >= 15 is 0 Å². The predicted octanol–water partition coefficient (Wildman–Crippen LogP) is 1.42. The fourth-order valence-corrected chi connectivity index (χ4v) is 2.56. The Labute approximate surface area is 110 Å². The Morgan fingerprint density at radius 2 is 2.21 bits per heavy atom. The van der Waals surface area contributed by atoms with E-state index < -0.39 is 12.0 Å². The number of carboxylic acid groups (broad SMARTS) is 1. The van der Waals surface area contributed by atoms with Gasteiger partial charge in [0.25, 0.3) is 0 Å². The minimum absolute atomic E-state index is 0.486. The molecule has 1 aromatic carbocycles. The second-order valence-electron chi connectivity index (χ2n) is 4.77. The highest BCUT2D eigenvalue weighted by molar-refractivity contribution is 5.74. The SMILES string of the molecule is O=C(O)[C@@H]1Cc2ccccc2CN1Cc1ncc[nH]1. The van der Waals surface area contributed by atoms with Gasteiger partial charge in [0, 0.05) is 18.9 Å². The summed E-state index contributed by atoms with van der Waals surface area (Å²) in [5.41, 5.74) is 2.33. The number of aliphatic carboxylic acids is 1. The quantitative estimate of drug-likeness (QED) is 0.872. The summed E-state index contributed by atoms with van der Waals surface area (Å²) in [7, 11) is 0. The van der Waals surface area contributed by atoms with Gasteiger partial charge in [0.2, 0.25) is 0 Å². The molecule has 1 aliphatic rings. The van der Waals surface area contributed by atoms with E-state index in [1.54, 1.807) is 12.4 Å². The van der Waals surface area contributed by atoms with Gasteiger partial charge in [0.15, 0.2) is 0 Å². The maximum Gasteiger partial charge on any atom is 0.321 e. The fourth-order valence-electron chi connectivity index (χ4n) is 2.56. The lowest BCUT2D eigenvalue weighted by Crippen LogP contribution is -2.45. The molecule has 19 heavy (non-hydrogen) atoms. The van der Waals surface area contributed by atoms with Crippen LogP contribution in [0.1, 0.15) is 17.0 Å². The third-order valence-corrected chi connectivity index (χ3v) is 3.54. The molecule has 3 rings (SSSR count). The number of rotatable bonds is 3. The summed E-state index contributed by atoms with van der Waals surface area (Å²) in [6.45, 7) is 1.17. The summed E-state index contributed by atoms with van der Waals surface area (Å²) in [5.74, 6) is 0.0201. The van der Waals surface area contributed by atoms with E-state index in [2.05, 4.69) is 16.0 Å². The Morgan fingerprint density at radius 1 is 1.42 bits per heavy atom. The number of nitrogens with zero attached hydrogens (tertiary/aromatic N) is 2. The zero-order valence-electron chi connectivity index (χ0n) is 10.4. The van der Waals surface area contributed by atoms with Gasteiger partial charge < -0.3 is 10.1 Å². The summed E-state index contributed by atoms with van der Waals surface area (Å²) >= 11 is 0. The molecule has 0 saturated carbocycles. The van der Waals surface area contributed by atoms with Gasteiger partial charge in [-0.3, -0.25) is 9.69 Å². The molecule has 98 valence electrons. The Hall–Kier alpha value is -2.14. The molecule has 0 fully saturated rings. The van der Waals surface area contributed by atoms with Crippen LogP contribution in [-0.2, 0) is 24.3 Å². The summed E-state index contributed by atoms with van der Waals surface area (Å²) in [4.78, 5) is 20.6. The number of hydrogen-bond acceptors (Lipinski definition) is 3. The molecule has 5 heteroatoms. The van der Waals surface area contributed by atoms with Crippen LogP contribution in [0.5, 0.6) is 0 Å². The number of imidazole rings is 1. The molecule has 2 aromatic rings. The number of carbonyl (C=O) groups is 1. The van der Waals surface area contributed by atoms with Gasteiger partial charge in [-0.1, -0.05) is 24.3 Å². The van der Waals surface area contributed by atoms with Crippen LogP contribution in [0.25, 0.3) is 0 Å². The first-order chi connectivity index (χ1) is 9.24. The van der Waals surface area contributed by atoms with Crippen LogP contribution in [0.15, 0.2) is 36.7 Å². The highest BCUT2D eigenvalue weighted by Gasteiger charge is 2.31. The number of aromatic nitrogens is 2. The van der Waals surface area contributed by atoms with Crippen molar-refractivity contribution in [3.05, 3.63) is 53.6 Å². The summed E-state index contributed by atoms with van der Waals surface area (Å²) in [6, 6.07) is 7.53. The van der Waals surface area contributed by atoms with Gasteiger partial charge in [-0.05, 0) is 17.5 Å². The van der Waals surface area contributed by atoms with E-state index in [0.717, 1.165) is 11.4 Å². The van der Waals surface area contributed by atoms with Crippen molar-refractivity contribution in [3.8, 4) is 0 Å². The van der Waals surface area contributed by atoms with Gasteiger partial charge in [-0.15, -0.1) is 0 Å². The van der Waals surface area contributed by atoms with Gasteiger partial charge in [0.1, 0.15) is 11.9 Å². The van der Waals surface area contributed by atoms with Crippen LogP contribution >= 0.6 is 0 Å². The molecule has 0 saturated heterocycles. The molecule has 0 unspecified atom stereocenters. The average molecular weight is 257 g/mol. The van der Waals surface area contributed by atoms with Gasteiger partial charge in [-0.2, -0.15) is 0 Å². The van der Waals surface area contributed by atoms with Gasteiger partial charge in [-0.25, -0.2) is 4.98 Å². The third kappa shape index (κ3) is 2.37. The molecule has 5 nitrogen and oxygen atoms in total.